The highest BCUT2D eigenvalue weighted by atomic mass is 16.7. The van der Waals surface area contributed by atoms with Gasteiger partial charge in [-0.1, -0.05) is 0 Å². The molecule has 2 aromatic carbocycles. The van der Waals surface area contributed by atoms with Crippen LogP contribution in [0.3, 0.4) is 0 Å². The average Bonchev–Trinajstić information content (AvgIpc) is 2.98. The first-order valence-corrected chi connectivity index (χ1v) is 13.4. The van der Waals surface area contributed by atoms with Gasteiger partial charge < -0.3 is 64.9 Å². The maximum Gasteiger partial charge on any atom is 0.229 e. The molecule has 2 aromatic rings. The molecule has 0 spiro atoms. The SMILES string of the molecule is Cc1cc(OC2OC(COC3OC(CO)C(O)C(O)C3O)C(O)C(O)C2O)c2c(c1)C(=O)c1cc(CO)cc(O)c1C2=O. The topological polar surface area (TPSA) is 253 Å². The molecular formula is C28H32O15. The van der Waals surface area contributed by atoms with Crippen LogP contribution in [0.25, 0.3) is 0 Å². The maximum atomic E-state index is 13.6. The molecule has 1 aliphatic carbocycles. The molecule has 10 unspecified atom stereocenters. The molecule has 0 saturated carbocycles. The molecule has 0 amide bonds. The lowest BCUT2D eigenvalue weighted by atomic mass is 9.81. The van der Waals surface area contributed by atoms with Gasteiger partial charge in [-0.2, -0.15) is 0 Å². The Morgan fingerprint density at radius 1 is 0.721 bits per heavy atom. The molecule has 10 atom stereocenters. The Kier molecular flexibility index (Phi) is 8.86. The predicted octanol–water partition coefficient (Wildman–Crippen LogP) is -3.03. The summed E-state index contributed by atoms with van der Waals surface area (Å²) in [6.45, 7) is -0.189. The lowest BCUT2D eigenvalue weighted by Gasteiger charge is -2.42. The molecule has 234 valence electrons. The Hall–Kier alpha value is -3.06. The Morgan fingerprint density at radius 3 is 1.98 bits per heavy atom. The quantitative estimate of drug-likeness (QED) is 0.129. The number of fused-ring (bicyclic) bond motifs is 2. The zero-order valence-corrected chi connectivity index (χ0v) is 22.7. The molecule has 43 heavy (non-hydrogen) atoms. The van der Waals surface area contributed by atoms with Crippen molar-refractivity contribution in [2.75, 3.05) is 13.2 Å². The van der Waals surface area contributed by atoms with E-state index in [1.54, 1.807) is 6.92 Å². The maximum absolute atomic E-state index is 13.6. The largest absolute Gasteiger partial charge is 0.507 e. The summed E-state index contributed by atoms with van der Waals surface area (Å²) in [5.41, 5.74) is -0.0654. The van der Waals surface area contributed by atoms with Crippen LogP contribution in [0.4, 0.5) is 0 Å². The van der Waals surface area contributed by atoms with Crippen molar-refractivity contribution in [3.8, 4) is 11.5 Å². The van der Waals surface area contributed by atoms with E-state index in [0.717, 1.165) is 6.07 Å². The first-order chi connectivity index (χ1) is 20.4. The number of ether oxygens (including phenoxy) is 4. The lowest BCUT2D eigenvalue weighted by Crippen LogP contribution is -2.62. The van der Waals surface area contributed by atoms with Gasteiger partial charge in [-0.15, -0.1) is 0 Å². The first-order valence-electron chi connectivity index (χ1n) is 13.4. The van der Waals surface area contributed by atoms with E-state index in [1.807, 2.05) is 0 Å². The molecule has 0 aromatic heterocycles. The van der Waals surface area contributed by atoms with Crippen molar-refractivity contribution >= 4 is 11.6 Å². The fourth-order valence-corrected chi connectivity index (χ4v) is 5.39. The molecular weight excluding hydrogens is 576 g/mol. The second kappa shape index (κ2) is 12.1. The molecule has 9 N–H and O–H groups in total. The van der Waals surface area contributed by atoms with Gasteiger partial charge in [-0.25, -0.2) is 0 Å². The second-order valence-electron chi connectivity index (χ2n) is 10.7. The Morgan fingerprint density at radius 2 is 1.33 bits per heavy atom. The minimum absolute atomic E-state index is 0.0737. The zero-order valence-electron chi connectivity index (χ0n) is 22.7. The number of hydrogen-bond donors (Lipinski definition) is 9. The van der Waals surface area contributed by atoms with Crippen LogP contribution in [0.5, 0.6) is 11.5 Å². The average molecular weight is 609 g/mol. The number of ketones is 2. The standard InChI is InChI=1S/C28H32O15/c1-9-2-11-18(22(35)17-12(19(11)32)4-10(6-29)5-13(17)31)14(3-9)41-28-26(39)24(37)21(34)16(43-28)8-40-27-25(38)23(36)20(33)15(7-30)42-27/h2-5,15-16,20-21,23-31,33-34,36-39H,6-8H2,1H3. The van der Waals surface area contributed by atoms with Crippen LogP contribution < -0.4 is 4.74 Å². The number of benzene rings is 2. The predicted molar refractivity (Wildman–Crippen MR) is 139 cm³/mol. The molecule has 5 rings (SSSR count). The zero-order chi connectivity index (χ0) is 31.3. The summed E-state index contributed by atoms with van der Waals surface area (Å²) in [4.78, 5) is 26.9. The fraction of sp³-hybridized carbons (Fsp3) is 0.500. The Bertz CT molecular complexity index is 1390. The third-order valence-electron chi connectivity index (χ3n) is 7.73. The van der Waals surface area contributed by atoms with Crippen LogP contribution in [-0.2, 0) is 20.8 Å². The third kappa shape index (κ3) is 5.54. The van der Waals surface area contributed by atoms with Gasteiger partial charge in [0.15, 0.2) is 12.1 Å². The van der Waals surface area contributed by atoms with Gasteiger partial charge in [0.05, 0.1) is 30.9 Å². The van der Waals surface area contributed by atoms with E-state index in [-0.39, 0.29) is 33.6 Å². The van der Waals surface area contributed by atoms with Crippen LogP contribution in [-0.4, -0.2) is 132 Å². The van der Waals surface area contributed by atoms with E-state index in [2.05, 4.69) is 0 Å². The summed E-state index contributed by atoms with van der Waals surface area (Å²) >= 11 is 0. The molecule has 15 nitrogen and oxygen atoms in total. The van der Waals surface area contributed by atoms with E-state index in [4.69, 9.17) is 18.9 Å². The summed E-state index contributed by atoms with van der Waals surface area (Å²) < 4.78 is 22.1. The van der Waals surface area contributed by atoms with Crippen molar-refractivity contribution < 1.29 is 74.5 Å². The van der Waals surface area contributed by atoms with Crippen molar-refractivity contribution in [1.29, 1.82) is 0 Å². The Balaban J connectivity index is 1.40. The van der Waals surface area contributed by atoms with Crippen LogP contribution in [0.1, 0.15) is 43.0 Å². The monoisotopic (exact) mass is 608 g/mol. The Labute approximate surface area is 243 Å². The van der Waals surface area contributed by atoms with E-state index in [1.165, 1.54) is 18.2 Å². The molecule has 2 aliphatic heterocycles. The van der Waals surface area contributed by atoms with Crippen molar-refractivity contribution in [3.05, 3.63) is 57.6 Å². The molecule has 2 fully saturated rings. The van der Waals surface area contributed by atoms with E-state index in [9.17, 15) is 55.5 Å². The minimum Gasteiger partial charge on any atom is -0.507 e. The van der Waals surface area contributed by atoms with E-state index in [0.29, 0.717) is 5.56 Å². The fourth-order valence-electron chi connectivity index (χ4n) is 5.39. The third-order valence-corrected chi connectivity index (χ3v) is 7.73. The van der Waals surface area contributed by atoms with E-state index >= 15 is 0 Å². The second-order valence-corrected chi connectivity index (χ2v) is 10.7. The van der Waals surface area contributed by atoms with Crippen LogP contribution in [0.2, 0.25) is 0 Å². The van der Waals surface area contributed by atoms with Crippen LogP contribution in [0, 0.1) is 6.92 Å². The van der Waals surface area contributed by atoms with Crippen molar-refractivity contribution in [1.82, 2.24) is 0 Å². The van der Waals surface area contributed by atoms with E-state index < -0.39 is 98.5 Å². The van der Waals surface area contributed by atoms with Gasteiger partial charge in [-0.3, -0.25) is 9.59 Å². The van der Waals surface area contributed by atoms with Gasteiger partial charge >= 0.3 is 0 Å². The number of phenolic OH excluding ortho intramolecular Hbond substituents is 1. The number of carbonyl (C=O) groups is 2. The van der Waals surface area contributed by atoms with Crippen molar-refractivity contribution in [3.63, 3.8) is 0 Å². The van der Waals surface area contributed by atoms with Crippen molar-refractivity contribution in [2.24, 2.45) is 0 Å². The first kappa shape index (κ1) is 31.4. The highest BCUT2D eigenvalue weighted by molar-refractivity contribution is 6.30. The van der Waals surface area contributed by atoms with Gasteiger partial charge in [0.25, 0.3) is 0 Å². The van der Waals surface area contributed by atoms with Crippen LogP contribution >= 0.6 is 0 Å². The number of aromatic hydroxyl groups is 1. The summed E-state index contributed by atoms with van der Waals surface area (Å²) in [5.74, 6) is -2.18. The number of rotatable bonds is 7. The van der Waals surface area contributed by atoms with Gasteiger partial charge in [0, 0.05) is 11.1 Å². The minimum atomic E-state index is -1.86. The van der Waals surface area contributed by atoms with Crippen molar-refractivity contribution in [2.45, 2.75) is 74.9 Å². The highest BCUT2D eigenvalue weighted by Gasteiger charge is 2.48. The van der Waals surface area contributed by atoms with Gasteiger partial charge in [-0.05, 0) is 42.3 Å². The summed E-state index contributed by atoms with van der Waals surface area (Å²) in [7, 11) is 0. The lowest BCUT2D eigenvalue weighted by molar-refractivity contribution is -0.323. The highest BCUT2D eigenvalue weighted by Crippen LogP contribution is 2.39. The molecule has 3 aliphatic rings. The molecule has 15 heteroatoms. The number of aliphatic hydroxyl groups excluding tert-OH is 8. The van der Waals surface area contributed by atoms with Crippen LogP contribution in [0.15, 0.2) is 24.3 Å². The molecule has 2 saturated heterocycles. The van der Waals surface area contributed by atoms with Gasteiger partial charge in [0.1, 0.15) is 60.3 Å². The number of aryl methyl sites for hydroxylation is 1. The summed E-state index contributed by atoms with van der Waals surface area (Å²) in [6, 6.07) is 5.26. The van der Waals surface area contributed by atoms with Gasteiger partial charge in [0.2, 0.25) is 12.1 Å². The molecule has 0 radical (unpaired) electrons. The number of phenols is 1. The molecule has 0 bridgehead atoms. The number of aliphatic hydroxyl groups is 8. The summed E-state index contributed by atoms with van der Waals surface area (Å²) in [5, 5.41) is 91.2. The summed E-state index contributed by atoms with van der Waals surface area (Å²) in [6.07, 6.45) is -16.6. The smallest absolute Gasteiger partial charge is 0.229 e. The normalized spacial score (nSPS) is 34.1. The molecule has 2 heterocycles. The number of hydrogen-bond acceptors (Lipinski definition) is 15. The number of carbonyl (C=O) groups excluding carboxylic acids is 2.